The number of hydrogen-bond donors (Lipinski definition) is 2. The lowest BCUT2D eigenvalue weighted by Crippen LogP contribution is -2.56. The average molecular weight is 483 g/mol. The number of ether oxygens (including phenoxy) is 1. The highest BCUT2D eigenvalue weighted by Gasteiger charge is 2.45. The number of primary amides is 1. The highest BCUT2D eigenvalue weighted by Crippen LogP contribution is 2.27. The molecule has 0 saturated carbocycles. The molecule has 3 N–H and O–H groups in total. The first kappa shape index (κ1) is 23.4. The van der Waals surface area contributed by atoms with Crippen LogP contribution in [0.5, 0.6) is 0 Å². The van der Waals surface area contributed by atoms with Gasteiger partial charge in [-0.05, 0) is 23.4 Å². The number of amides is 4. The number of anilines is 1. The summed E-state index contributed by atoms with van der Waals surface area (Å²) in [5.41, 5.74) is 6.53. The zero-order valence-electron chi connectivity index (χ0n) is 18.7. The fourth-order valence-corrected chi connectivity index (χ4v) is 4.64. The molecule has 2 aliphatic rings. The van der Waals surface area contributed by atoms with Gasteiger partial charge in [-0.25, -0.2) is 9.79 Å². The molecule has 0 bridgehead atoms. The first-order valence-corrected chi connectivity index (χ1v) is 11.9. The van der Waals surface area contributed by atoms with E-state index in [1.807, 2.05) is 35.2 Å². The molecule has 3 heterocycles. The van der Waals surface area contributed by atoms with Crippen LogP contribution in [0.4, 0.5) is 9.80 Å². The smallest absolute Gasteiger partial charge is 0.348 e. The summed E-state index contributed by atoms with van der Waals surface area (Å²) in [4.78, 5) is 49.3. The lowest BCUT2D eigenvalue weighted by molar-refractivity contribution is -0.118. The summed E-state index contributed by atoms with van der Waals surface area (Å²) >= 11 is 1.19. The zero-order valence-corrected chi connectivity index (χ0v) is 19.5. The third-order valence-electron chi connectivity index (χ3n) is 5.53. The minimum absolute atomic E-state index is 0.157. The lowest BCUT2D eigenvalue weighted by atomic mass is 10.1. The number of urea groups is 1. The number of fused-ring (bicyclic) bond motifs is 1. The fourth-order valence-electron chi connectivity index (χ4n) is 3.84. The van der Waals surface area contributed by atoms with Gasteiger partial charge in [0.2, 0.25) is 5.90 Å². The fraction of sp³-hybridized carbons (Fsp3) is 0.348. The van der Waals surface area contributed by atoms with Crippen molar-refractivity contribution in [2.45, 2.75) is 38.5 Å². The number of hydrogen-bond acceptors (Lipinski definition) is 7. The number of aliphatic imine (C=N–C) groups is 2. The molecule has 4 rings (SSSR count). The van der Waals surface area contributed by atoms with Gasteiger partial charge in [-0.2, -0.15) is 4.99 Å². The van der Waals surface area contributed by atoms with Gasteiger partial charge in [0.05, 0.1) is 11.9 Å². The molecule has 0 radical (unpaired) electrons. The highest BCUT2D eigenvalue weighted by molar-refractivity contribution is 7.14. The molecule has 2 aliphatic heterocycles. The molecule has 0 aliphatic carbocycles. The second kappa shape index (κ2) is 10.5. The molecule has 34 heavy (non-hydrogen) atoms. The Morgan fingerprint density at radius 2 is 2.03 bits per heavy atom. The maximum atomic E-state index is 12.9. The summed E-state index contributed by atoms with van der Waals surface area (Å²) < 4.78 is 5.74. The zero-order chi connectivity index (χ0) is 24.1. The van der Waals surface area contributed by atoms with E-state index in [0.717, 1.165) is 24.9 Å². The predicted molar refractivity (Wildman–Crippen MR) is 130 cm³/mol. The number of thiophene rings is 1. The van der Waals surface area contributed by atoms with Gasteiger partial charge in [0, 0.05) is 13.1 Å². The second-order valence-electron chi connectivity index (χ2n) is 7.92. The molecule has 11 heteroatoms. The van der Waals surface area contributed by atoms with Gasteiger partial charge in [0.1, 0.15) is 11.0 Å². The first-order chi connectivity index (χ1) is 16.5. The van der Waals surface area contributed by atoms with Crippen LogP contribution in [0.3, 0.4) is 0 Å². The van der Waals surface area contributed by atoms with Crippen LogP contribution in [0.15, 0.2) is 51.8 Å². The Balaban J connectivity index is 1.49. The summed E-state index contributed by atoms with van der Waals surface area (Å²) in [6.07, 6.45) is 3.15. The van der Waals surface area contributed by atoms with Gasteiger partial charge in [-0.15, -0.1) is 11.3 Å². The van der Waals surface area contributed by atoms with Gasteiger partial charge in [0.25, 0.3) is 11.8 Å². The van der Waals surface area contributed by atoms with E-state index in [1.165, 1.54) is 11.3 Å². The van der Waals surface area contributed by atoms with Crippen LogP contribution in [-0.2, 0) is 16.1 Å². The Morgan fingerprint density at radius 1 is 1.24 bits per heavy atom. The van der Waals surface area contributed by atoms with Crippen LogP contribution in [-0.4, -0.2) is 65.2 Å². The van der Waals surface area contributed by atoms with E-state index < -0.39 is 30.1 Å². The third-order valence-corrected chi connectivity index (χ3v) is 6.36. The van der Waals surface area contributed by atoms with E-state index in [0.29, 0.717) is 11.5 Å². The molecule has 10 nitrogen and oxygen atoms in total. The number of nitrogens with two attached hydrogens (primary N) is 1. The van der Waals surface area contributed by atoms with E-state index in [4.69, 9.17) is 10.5 Å². The van der Waals surface area contributed by atoms with Gasteiger partial charge < -0.3 is 20.7 Å². The monoisotopic (exact) mass is 482 g/mol. The molecule has 0 unspecified atom stereocenters. The van der Waals surface area contributed by atoms with E-state index in [2.05, 4.69) is 22.2 Å². The molecule has 2 atom stereocenters. The summed E-state index contributed by atoms with van der Waals surface area (Å²) in [6.45, 7) is 2.81. The van der Waals surface area contributed by atoms with Crippen LogP contribution < -0.4 is 11.1 Å². The molecule has 0 fully saturated rings. The standard InChI is InChI=1S/C23H26N6O4S/c1-2-3-10-28-14-25-20-18(28)21(27-23(32)29(20)12-15-7-5-4-6-8-15)33-13-17(30)26-22-16(19(24)31)9-11-34-22/h4-9,11,14,18,20H,2-3,10,12-13H2,1H3,(H2,24,31)(H,26,30)/t18-,20+/m1/s1. The van der Waals surface area contributed by atoms with Crippen LogP contribution in [0.2, 0.25) is 0 Å². The number of benzene rings is 1. The molecular formula is C23H26N6O4S. The summed E-state index contributed by atoms with van der Waals surface area (Å²) in [7, 11) is 0. The largest absolute Gasteiger partial charge is 0.469 e. The Hall–Kier alpha value is -3.73. The lowest BCUT2D eigenvalue weighted by Gasteiger charge is -2.37. The highest BCUT2D eigenvalue weighted by atomic mass is 32.1. The van der Waals surface area contributed by atoms with Crippen molar-refractivity contribution in [3.05, 3.63) is 52.9 Å². The van der Waals surface area contributed by atoms with Crippen LogP contribution in [0.1, 0.15) is 35.7 Å². The van der Waals surface area contributed by atoms with Gasteiger partial charge in [-0.3, -0.25) is 14.5 Å². The average Bonchev–Trinajstić information content (AvgIpc) is 3.46. The van der Waals surface area contributed by atoms with Crippen LogP contribution >= 0.6 is 11.3 Å². The summed E-state index contributed by atoms with van der Waals surface area (Å²) in [6, 6.07) is 10.3. The van der Waals surface area contributed by atoms with Crippen molar-refractivity contribution in [1.82, 2.24) is 9.80 Å². The maximum absolute atomic E-state index is 12.9. The number of nitrogens with one attached hydrogen (secondary N) is 1. The summed E-state index contributed by atoms with van der Waals surface area (Å²) in [5, 5.41) is 4.64. The molecule has 2 aromatic rings. The first-order valence-electron chi connectivity index (χ1n) is 11.0. The molecule has 0 saturated heterocycles. The van der Waals surface area contributed by atoms with Crippen molar-refractivity contribution in [2.75, 3.05) is 18.5 Å². The maximum Gasteiger partial charge on any atom is 0.348 e. The Labute approximate surface area is 201 Å². The van der Waals surface area contributed by atoms with Crippen molar-refractivity contribution in [3.8, 4) is 0 Å². The Bertz CT molecular complexity index is 1120. The second-order valence-corrected chi connectivity index (χ2v) is 8.84. The van der Waals surface area contributed by atoms with E-state index in [-0.39, 0.29) is 18.1 Å². The Morgan fingerprint density at radius 3 is 2.76 bits per heavy atom. The quantitative estimate of drug-likeness (QED) is 0.568. The number of nitrogens with zero attached hydrogens (tertiary/aromatic N) is 4. The minimum atomic E-state index is -0.629. The van der Waals surface area contributed by atoms with Crippen molar-refractivity contribution in [1.29, 1.82) is 0 Å². The predicted octanol–water partition coefficient (Wildman–Crippen LogP) is 2.68. The van der Waals surface area contributed by atoms with E-state index in [9.17, 15) is 14.4 Å². The molecule has 178 valence electrons. The van der Waals surface area contributed by atoms with Crippen molar-refractivity contribution in [2.24, 2.45) is 15.7 Å². The van der Waals surface area contributed by atoms with Gasteiger partial charge in [-0.1, -0.05) is 43.7 Å². The van der Waals surface area contributed by atoms with E-state index >= 15 is 0 Å². The van der Waals surface area contributed by atoms with Gasteiger partial charge in [0.15, 0.2) is 12.8 Å². The Kier molecular flexibility index (Phi) is 7.21. The summed E-state index contributed by atoms with van der Waals surface area (Å²) in [5.74, 6) is -0.956. The topological polar surface area (TPSA) is 130 Å². The number of unbranched alkanes of at least 4 members (excludes halogenated alkanes) is 1. The van der Waals surface area contributed by atoms with Crippen molar-refractivity contribution in [3.63, 3.8) is 0 Å². The molecule has 4 amide bonds. The normalized spacial score (nSPS) is 19.1. The van der Waals surface area contributed by atoms with Crippen LogP contribution in [0.25, 0.3) is 0 Å². The van der Waals surface area contributed by atoms with Crippen LogP contribution in [0, 0.1) is 0 Å². The molecule has 1 aromatic heterocycles. The SMILES string of the molecule is CCCCN1C=N[C@@H]2[C@@H]1C(OCC(=O)Nc1sccc1C(N)=O)=NC(=O)N2Cc1ccccc1. The number of carbonyl (C=O) groups excluding carboxylic acids is 3. The molecule has 1 aromatic carbocycles. The van der Waals surface area contributed by atoms with Crippen molar-refractivity contribution >= 4 is 46.4 Å². The van der Waals surface area contributed by atoms with Crippen molar-refractivity contribution < 1.29 is 19.1 Å². The molecular weight excluding hydrogens is 456 g/mol. The number of rotatable bonds is 9. The molecule has 0 spiro atoms. The third kappa shape index (κ3) is 5.09. The van der Waals surface area contributed by atoms with E-state index in [1.54, 1.807) is 22.7 Å². The van der Waals surface area contributed by atoms with Gasteiger partial charge >= 0.3 is 6.03 Å². The minimum Gasteiger partial charge on any atom is -0.469 e. The number of carbonyl (C=O) groups is 3.